The standard InChI is InChI=1S/C22H23F3N2O3S/c1-5-26-20(29)30-18-16(15(28)9-10-21(18,3)4)17-12(2)31-19(27-17)13-7-6-8-14(11-13)22(23,24)25/h6-8,11H,5,9-10H2,1-4H3,(H,26,29). The van der Waals surface area contributed by atoms with Gasteiger partial charge in [-0.05, 0) is 32.4 Å². The monoisotopic (exact) mass is 452 g/mol. The van der Waals surface area contributed by atoms with Gasteiger partial charge >= 0.3 is 12.3 Å². The van der Waals surface area contributed by atoms with Crippen molar-refractivity contribution in [2.45, 2.75) is 46.7 Å². The molecule has 0 radical (unpaired) electrons. The van der Waals surface area contributed by atoms with Gasteiger partial charge in [0.15, 0.2) is 5.78 Å². The lowest BCUT2D eigenvalue weighted by molar-refractivity contribution is -0.137. The van der Waals surface area contributed by atoms with Gasteiger partial charge < -0.3 is 10.1 Å². The number of ether oxygens (including phenoxy) is 1. The van der Waals surface area contributed by atoms with Gasteiger partial charge in [-0.2, -0.15) is 13.2 Å². The van der Waals surface area contributed by atoms with E-state index in [2.05, 4.69) is 10.3 Å². The van der Waals surface area contributed by atoms with E-state index in [0.29, 0.717) is 34.1 Å². The summed E-state index contributed by atoms with van der Waals surface area (Å²) in [6.45, 7) is 7.62. The number of alkyl halides is 3. The smallest absolute Gasteiger partial charge is 0.413 e. The van der Waals surface area contributed by atoms with E-state index in [1.807, 2.05) is 13.8 Å². The molecule has 0 saturated carbocycles. The number of nitrogens with zero attached hydrogens (tertiary/aromatic N) is 1. The van der Waals surface area contributed by atoms with Gasteiger partial charge in [-0.1, -0.05) is 26.0 Å². The van der Waals surface area contributed by atoms with Crippen LogP contribution in [0.4, 0.5) is 18.0 Å². The van der Waals surface area contributed by atoms with Gasteiger partial charge in [-0.3, -0.25) is 4.79 Å². The Balaban J connectivity index is 2.12. The highest BCUT2D eigenvalue weighted by molar-refractivity contribution is 7.15. The minimum absolute atomic E-state index is 0.206. The molecule has 0 spiro atoms. The fraction of sp³-hybridized carbons (Fsp3) is 0.409. The van der Waals surface area contributed by atoms with Crippen molar-refractivity contribution in [2.75, 3.05) is 6.54 Å². The summed E-state index contributed by atoms with van der Waals surface area (Å²) in [6.07, 6.45) is -4.36. The molecule has 5 nitrogen and oxygen atoms in total. The molecule has 3 rings (SSSR count). The van der Waals surface area contributed by atoms with Crippen LogP contribution in [0, 0.1) is 12.3 Å². The molecule has 0 fully saturated rings. The lowest BCUT2D eigenvalue weighted by atomic mass is 9.76. The molecule has 2 aromatic rings. The highest BCUT2D eigenvalue weighted by atomic mass is 32.1. The quantitative estimate of drug-likeness (QED) is 0.619. The SMILES string of the molecule is CCNC(=O)OC1=C(c2nc(-c3cccc(C(F)(F)F)c3)sc2C)C(=O)CCC1(C)C. The number of aromatic nitrogens is 1. The maximum Gasteiger partial charge on any atom is 0.416 e. The van der Waals surface area contributed by atoms with Crippen molar-refractivity contribution in [3.8, 4) is 10.6 Å². The third-order valence-corrected chi connectivity index (χ3v) is 6.10. The molecule has 0 atom stereocenters. The van der Waals surface area contributed by atoms with Crippen molar-refractivity contribution >= 4 is 28.8 Å². The number of hydrogen-bond acceptors (Lipinski definition) is 5. The van der Waals surface area contributed by atoms with Gasteiger partial charge in [-0.15, -0.1) is 11.3 Å². The predicted molar refractivity (Wildman–Crippen MR) is 112 cm³/mol. The summed E-state index contributed by atoms with van der Waals surface area (Å²) in [5.74, 6) is 0.0290. The Hall–Kier alpha value is -2.68. The van der Waals surface area contributed by atoms with Crippen molar-refractivity contribution in [3.63, 3.8) is 0 Å². The van der Waals surface area contributed by atoms with Crippen molar-refractivity contribution in [1.82, 2.24) is 10.3 Å². The zero-order valence-corrected chi connectivity index (χ0v) is 18.5. The second-order valence-electron chi connectivity index (χ2n) is 7.93. The first-order chi connectivity index (χ1) is 14.4. The molecule has 9 heteroatoms. The van der Waals surface area contributed by atoms with Gasteiger partial charge in [0, 0.05) is 28.8 Å². The number of Topliss-reactive ketones (excluding diaryl/α,β-unsaturated/α-hetero) is 1. The van der Waals surface area contributed by atoms with Gasteiger partial charge in [-0.25, -0.2) is 9.78 Å². The van der Waals surface area contributed by atoms with Crippen molar-refractivity contribution in [1.29, 1.82) is 0 Å². The van der Waals surface area contributed by atoms with Crippen LogP contribution < -0.4 is 5.32 Å². The number of allylic oxidation sites excluding steroid dienone is 2. The maximum absolute atomic E-state index is 13.1. The Morgan fingerprint density at radius 2 is 2.03 bits per heavy atom. The van der Waals surface area contributed by atoms with Gasteiger partial charge in [0.25, 0.3) is 0 Å². The number of alkyl carbamates (subject to hydrolysis) is 1. The summed E-state index contributed by atoms with van der Waals surface area (Å²) in [5.41, 5.74) is -0.484. The number of halogens is 3. The zero-order valence-electron chi connectivity index (χ0n) is 17.6. The molecule has 1 heterocycles. The molecule has 0 aliphatic heterocycles. The zero-order chi connectivity index (χ0) is 23.0. The number of ketones is 1. The largest absolute Gasteiger partial charge is 0.416 e. The Labute approximate surface area is 182 Å². The van der Waals surface area contributed by atoms with Crippen LogP contribution in [-0.2, 0) is 15.7 Å². The topological polar surface area (TPSA) is 68.3 Å². The number of amides is 1. The van der Waals surface area contributed by atoms with Crippen LogP contribution in [0.2, 0.25) is 0 Å². The minimum Gasteiger partial charge on any atom is -0.413 e. The molecule has 1 N–H and O–H groups in total. The van der Waals surface area contributed by atoms with Crippen LogP contribution in [0.25, 0.3) is 16.1 Å². The van der Waals surface area contributed by atoms with Crippen LogP contribution in [0.5, 0.6) is 0 Å². The summed E-state index contributed by atoms with van der Waals surface area (Å²) in [7, 11) is 0. The number of rotatable bonds is 4. The Kier molecular flexibility index (Phi) is 6.27. The first-order valence-corrected chi connectivity index (χ1v) is 10.6. The van der Waals surface area contributed by atoms with E-state index in [0.717, 1.165) is 12.1 Å². The minimum atomic E-state index is -4.47. The first-order valence-electron chi connectivity index (χ1n) is 9.83. The summed E-state index contributed by atoms with van der Waals surface area (Å²) >= 11 is 1.19. The molecular weight excluding hydrogens is 429 g/mol. The highest BCUT2D eigenvalue weighted by Gasteiger charge is 2.39. The lowest BCUT2D eigenvalue weighted by Gasteiger charge is -2.32. The van der Waals surface area contributed by atoms with Crippen LogP contribution in [0.1, 0.15) is 49.7 Å². The average Bonchev–Trinajstić information content (AvgIpc) is 3.06. The molecule has 166 valence electrons. The number of carbonyl (C=O) groups excluding carboxylic acids is 2. The lowest BCUT2D eigenvalue weighted by Crippen LogP contribution is -2.32. The molecule has 0 saturated heterocycles. The third-order valence-electron chi connectivity index (χ3n) is 5.08. The van der Waals surface area contributed by atoms with E-state index in [4.69, 9.17) is 4.74 Å². The van der Waals surface area contributed by atoms with Crippen LogP contribution in [-0.4, -0.2) is 23.4 Å². The molecule has 1 aromatic heterocycles. The fourth-order valence-corrected chi connectivity index (χ4v) is 4.33. The Morgan fingerprint density at radius 3 is 2.68 bits per heavy atom. The molecule has 31 heavy (non-hydrogen) atoms. The average molecular weight is 452 g/mol. The maximum atomic E-state index is 13.1. The summed E-state index contributed by atoms with van der Waals surface area (Å²) in [4.78, 5) is 30.1. The second kappa shape index (κ2) is 8.45. The number of benzene rings is 1. The summed E-state index contributed by atoms with van der Waals surface area (Å²) < 4.78 is 44.9. The van der Waals surface area contributed by atoms with Crippen molar-refractivity contribution < 1.29 is 27.5 Å². The van der Waals surface area contributed by atoms with Crippen LogP contribution in [0.3, 0.4) is 0 Å². The fourth-order valence-electron chi connectivity index (χ4n) is 3.41. The summed E-state index contributed by atoms with van der Waals surface area (Å²) in [5, 5.41) is 2.91. The number of hydrogen-bond donors (Lipinski definition) is 1. The second-order valence-corrected chi connectivity index (χ2v) is 9.14. The van der Waals surface area contributed by atoms with Gasteiger partial charge in [0.1, 0.15) is 10.8 Å². The Morgan fingerprint density at radius 1 is 1.32 bits per heavy atom. The van der Waals surface area contributed by atoms with Crippen molar-refractivity contribution in [2.24, 2.45) is 5.41 Å². The molecule has 0 bridgehead atoms. The highest BCUT2D eigenvalue weighted by Crippen LogP contribution is 2.45. The predicted octanol–water partition coefficient (Wildman–Crippen LogP) is 5.98. The Bertz CT molecular complexity index is 1050. The molecule has 1 amide bonds. The van der Waals surface area contributed by atoms with E-state index in [9.17, 15) is 22.8 Å². The normalized spacial score (nSPS) is 16.4. The van der Waals surface area contributed by atoms with Gasteiger partial charge in [0.2, 0.25) is 0 Å². The molecule has 0 unspecified atom stereocenters. The number of aryl methyl sites for hydroxylation is 1. The number of thiazole rings is 1. The van der Waals surface area contributed by atoms with Gasteiger partial charge in [0.05, 0.1) is 16.8 Å². The first kappa shape index (κ1) is 23.0. The molecule has 1 aromatic carbocycles. The van der Waals surface area contributed by atoms with Crippen LogP contribution >= 0.6 is 11.3 Å². The van der Waals surface area contributed by atoms with E-state index < -0.39 is 23.2 Å². The van der Waals surface area contributed by atoms with E-state index in [-0.39, 0.29) is 23.5 Å². The van der Waals surface area contributed by atoms with E-state index in [1.54, 1.807) is 19.9 Å². The molecular formula is C22H23F3N2O3S. The molecule has 1 aliphatic carbocycles. The van der Waals surface area contributed by atoms with E-state index in [1.165, 1.54) is 17.4 Å². The third kappa shape index (κ3) is 4.81. The van der Waals surface area contributed by atoms with Crippen molar-refractivity contribution in [3.05, 3.63) is 46.2 Å². The number of nitrogens with one attached hydrogen (secondary N) is 1. The molecule has 1 aliphatic rings. The number of carbonyl (C=O) groups is 2. The van der Waals surface area contributed by atoms with Crippen LogP contribution in [0.15, 0.2) is 30.0 Å². The summed E-state index contributed by atoms with van der Waals surface area (Å²) in [6, 6.07) is 4.91. The van der Waals surface area contributed by atoms with E-state index >= 15 is 0 Å².